The highest BCUT2D eigenvalue weighted by Crippen LogP contribution is 2.20. The van der Waals surface area contributed by atoms with Crippen molar-refractivity contribution in [3.8, 4) is 0 Å². The van der Waals surface area contributed by atoms with Gasteiger partial charge in [-0.15, -0.1) is 0 Å². The van der Waals surface area contributed by atoms with E-state index in [1.165, 1.54) is 29.7 Å². The summed E-state index contributed by atoms with van der Waals surface area (Å²) in [4.78, 5) is 12.2. The molecule has 1 fully saturated rings. The molecule has 0 bridgehead atoms. The van der Waals surface area contributed by atoms with E-state index in [1.54, 1.807) is 7.05 Å². The Morgan fingerprint density at radius 2 is 1.90 bits per heavy atom. The van der Waals surface area contributed by atoms with Crippen molar-refractivity contribution < 1.29 is 13.2 Å². The topological polar surface area (TPSA) is 68.2 Å². The van der Waals surface area contributed by atoms with E-state index in [0.29, 0.717) is 5.69 Å². The van der Waals surface area contributed by atoms with Gasteiger partial charge in [0.2, 0.25) is 0 Å². The van der Waals surface area contributed by atoms with E-state index >= 15 is 0 Å². The van der Waals surface area contributed by atoms with Gasteiger partial charge in [-0.25, -0.2) is 8.42 Å². The van der Waals surface area contributed by atoms with Crippen LogP contribution in [0.4, 0.5) is 0 Å². The van der Waals surface area contributed by atoms with Gasteiger partial charge in [-0.05, 0) is 18.9 Å². The van der Waals surface area contributed by atoms with Crippen LogP contribution in [0.1, 0.15) is 49.0 Å². The summed E-state index contributed by atoms with van der Waals surface area (Å²) in [6.45, 7) is 0. The van der Waals surface area contributed by atoms with Crippen molar-refractivity contribution in [3.05, 3.63) is 18.0 Å². The van der Waals surface area contributed by atoms with Gasteiger partial charge in [-0.3, -0.25) is 4.79 Å². The highest BCUT2D eigenvalue weighted by atomic mass is 35.7. The van der Waals surface area contributed by atoms with Gasteiger partial charge in [-0.2, -0.15) is 0 Å². The zero-order valence-corrected chi connectivity index (χ0v) is 13.0. The number of carbonyl (C=O) groups excluding carboxylic acids is 1. The van der Waals surface area contributed by atoms with Crippen molar-refractivity contribution in [1.82, 2.24) is 9.88 Å². The number of aryl methyl sites for hydroxylation is 1. The summed E-state index contributed by atoms with van der Waals surface area (Å²) in [6, 6.07) is 1.49. The fraction of sp³-hybridized carbons (Fsp3) is 0.615. The van der Waals surface area contributed by atoms with Crippen molar-refractivity contribution in [1.29, 1.82) is 0 Å². The van der Waals surface area contributed by atoms with Crippen LogP contribution in [0, 0.1) is 0 Å². The molecule has 0 saturated heterocycles. The lowest BCUT2D eigenvalue weighted by Crippen LogP contribution is -2.35. The Kier molecular flexibility index (Phi) is 4.75. The number of hydrogen-bond donors (Lipinski definition) is 1. The number of nitrogens with one attached hydrogen (secondary N) is 1. The summed E-state index contributed by atoms with van der Waals surface area (Å²) in [5.41, 5.74) is 0.313. The number of nitrogens with zero attached hydrogens (tertiary/aromatic N) is 1. The van der Waals surface area contributed by atoms with Crippen molar-refractivity contribution in [3.63, 3.8) is 0 Å². The first-order valence-corrected chi connectivity index (χ1v) is 9.11. The van der Waals surface area contributed by atoms with Crippen LogP contribution in [0.15, 0.2) is 17.2 Å². The molecule has 1 N–H and O–H groups in total. The summed E-state index contributed by atoms with van der Waals surface area (Å²) >= 11 is 0. The molecule has 5 nitrogen and oxygen atoms in total. The van der Waals surface area contributed by atoms with E-state index in [0.717, 1.165) is 25.7 Å². The van der Waals surface area contributed by atoms with Gasteiger partial charge < -0.3 is 9.88 Å². The Morgan fingerprint density at radius 1 is 1.30 bits per heavy atom. The highest BCUT2D eigenvalue weighted by molar-refractivity contribution is 8.13. The third-order valence-corrected chi connectivity index (χ3v) is 5.01. The third-order valence-electron chi connectivity index (χ3n) is 3.68. The number of carbonyl (C=O) groups is 1. The first kappa shape index (κ1) is 15.4. The number of aromatic nitrogens is 1. The zero-order valence-electron chi connectivity index (χ0n) is 11.4. The molecule has 0 spiro atoms. The standard InChI is InChI=1S/C13H19ClN2O3S/c1-16-9-11(20(14,18)19)8-12(16)13(17)15-10-6-4-2-3-5-7-10/h8-10H,2-7H2,1H3,(H,15,17). The van der Waals surface area contributed by atoms with Gasteiger partial charge in [0, 0.05) is 30.0 Å². The van der Waals surface area contributed by atoms with E-state index in [4.69, 9.17) is 10.7 Å². The van der Waals surface area contributed by atoms with Gasteiger partial charge >= 0.3 is 0 Å². The molecule has 1 amide bonds. The van der Waals surface area contributed by atoms with Crippen molar-refractivity contribution >= 4 is 25.6 Å². The molecule has 0 atom stereocenters. The molecule has 1 aromatic rings. The van der Waals surface area contributed by atoms with Crippen molar-refractivity contribution in [2.24, 2.45) is 7.05 Å². The number of hydrogen-bond acceptors (Lipinski definition) is 3. The molecule has 1 aliphatic carbocycles. The minimum absolute atomic E-state index is 0.0484. The molecular weight excluding hydrogens is 300 g/mol. The second-order valence-corrected chi connectivity index (χ2v) is 7.84. The second kappa shape index (κ2) is 6.18. The molecule has 1 aliphatic rings. The van der Waals surface area contributed by atoms with Gasteiger partial charge in [0.15, 0.2) is 0 Å². The normalized spacial score (nSPS) is 17.7. The number of amides is 1. The predicted octanol–water partition coefficient (Wildman–Crippen LogP) is 2.41. The predicted molar refractivity (Wildman–Crippen MR) is 77.4 cm³/mol. The van der Waals surface area contributed by atoms with Gasteiger partial charge in [0.1, 0.15) is 10.6 Å². The summed E-state index contributed by atoms with van der Waals surface area (Å²) < 4.78 is 24.0. The van der Waals surface area contributed by atoms with E-state index in [9.17, 15) is 13.2 Å². The summed E-state index contributed by atoms with van der Waals surface area (Å²) in [5, 5.41) is 2.98. The Hall–Kier alpha value is -1.01. The fourth-order valence-electron chi connectivity index (χ4n) is 2.58. The molecule has 0 radical (unpaired) electrons. The molecule has 1 saturated carbocycles. The largest absolute Gasteiger partial charge is 0.348 e. The molecule has 1 heterocycles. The second-order valence-electron chi connectivity index (χ2n) is 5.27. The maximum atomic E-state index is 12.2. The minimum atomic E-state index is -3.81. The number of halogens is 1. The molecule has 112 valence electrons. The summed E-state index contributed by atoms with van der Waals surface area (Å²) in [5.74, 6) is -0.244. The first-order chi connectivity index (χ1) is 9.38. The Morgan fingerprint density at radius 3 is 2.40 bits per heavy atom. The maximum Gasteiger partial charge on any atom is 0.268 e. The highest BCUT2D eigenvalue weighted by Gasteiger charge is 2.21. The van der Waals surface area contributed by atoms with E-state index in [-0.39, 0.29) is 16.8 Å². The Bertz CT molecular complexity index is 587. The van der Waals surface area contributed by atoms with Gasteiger partial charge in [-0.1, -0.05) is 25.7 Å². The average molecular weight is 319 g/mol. The number of rotatable bonds is 3. The Labute approximate surface area is 123 Å². The summed E-state index contributed by atoms with van der Waals surface area (Å²) in [6.07, 6.45) is 7.99. The Balaban J connectivity index is 2.11. The molecule has 20 heavy (non-hydrogen) atoms. The quantitative estimate of drug-likeness (QED) is 0.687. The van der Waals surface area contributed by atoms with Crippen LogP contribution in [-0.2, 0) is 16.1 Å². The molecule has 0 unspecified atom stereocenters. The third kappa shape index (κ3) is 3.76. The smallest absolute Gasteiger partial charge is 0.268 e. The van der Waals surface area contributed by atoms with E-state index in [2.05, 4.69) is 5.32 Å². The van der Waals surface area contributed by atoms with Crippen LogP contribution >= 0.6 is 10.7 Å². The van der Waals surface area contributed by atoms with Gasteiger partial charge in [0.25, 0.3) is 15.0 Å². The van der Waals surface area contributed by atoms with Crippen LogP contribution in [0.3, 0.4) is 0 Å². The monoisotopic (exact) mass is 318 g/mol. The first-order valence-electron chi connectivity index (χ1n) is 6.80. The summed E-state index contributed by atoms with van der Waals surface area (Å²) in [7, 11) is 3.12. The molecule has 0 aliphatic heterocycles. The fourth-order valence-corrected chi connectivity index (χ4v) is 3.37. The van der Waals surface area contributed by atoms with Crippen molar-refractivity contribution in [2.75, 3.05) is 0 Å². The van der Waals surface area contributed by atoms with E-state index < -0.39 is 9.05 Å². The molecule has 1 aromatic heterocycles. The lowest BCUT2D eigenvalue weighted by molar-refractivity contribution is 0.0925. The van der Waals surface area contributed by atoms with Crippen molar-refractivity contribution in [2.45, 2.75) is 49.5 Å². The van der Waals surface area contributed by atoms with E-state index in [1.807, 2.05) is 0 Å². The van der Waals surface area contributed by atoms with Crippen LogP contribution in [0.5, 0.6) is 0 Å². The van der Waals surface area contributed by atoms with Crippen LogP contribution < -0.4 is 5.32 Å². The zero-order chi connectivity index (χ0) is 14.8. The van der Waals surface area contributed by atoms with Gasteiger partial charge in [0.05, 0.1) is 0 Å². The lowest BCUT2D eigenvalue weighted by atomic mass is 10.1. The van der Waals surface area contributed by atoms with Crippen LogP contribution in [0.25, 0.3) is 0 Å². The molecule has 7 heteroatoms. The molecule has 0 aromatic carbocycles. The minimum Gasteiger partial charge on any atom is -0.348 e. The molecule has 2 rings (SSSR count). The van der Waals surface area contributed by atoms with Crippen LogP contribution in [-0.4, -0.2) is 24.9 Å². The SMILES string of the molecule is Cn1cc(S(=O)(=O)Cl)cc1C(=O)NC1CCCCCC1. The average Bonchev–Trinajstić information content (AvgIpc) is 2.58. The van der Waals surface area contributed by atoms with Crippen LogP contribution in [0.2, 0.25) is 0 Å². The molecular formula is C13H19ClN2O3S. The lowest BCUT2D eigenvalue weighted by Gasteiger charge is -2.16. The maximum absolute atomic E-state index is 12.2.